The molecule has 0 amide bonds. The fraction of sp³-hybridized carbons (Fsp3) is 0.579. The van der Waals surface area contributed by atoms with Crippen molar-refractivity contribution in [3.05, 3.63) is 35.5 Å². The minimum absolute atomic E-state index is 0.0749. The maximum atomic E-state index is 12.0. The number of ketones is 1. The predicted octanol–water partition coefficient (Wildman–Crippen LogP) is 4.54. The van der Waals surface area contributed by atoms with E-state index in [4.69, 9.17) is 4.74 Å². The number of esters is 1. The molecular weight excluding hydrogens is 276 g/mol. The maximum absolute atomic E-state index is 12.0. The quantitative estimate of drug-likeness (QED) is 0.566. The number of hydrogen-bond donors (Lipinski definition) is 0. The molecular formula is C19H28O3. The molecule has 0 unspecified atom stereocenters. The van der Waals surface area contributed by atoms with Crippen LogP contribution in [0.15, 0.2) is 35.5 Å². The second-order valence-electron chi connectivity index (χ2n) is 6.59. The van der Waals surface area contributed by atoms with Gasteiger partial charge in [0, 0.05) is 6.42 Å². The molecule has 0 saturated heterocycles. The Bertz CT molecular complexity index is 493. The number of hydrogen-bond acceptors (Lipinski definition) is 3. The van der Waals surface area contributed by atoms with E-state index in [0.717, 1.165) is 36.8 Å². The normalized spacial score (nSPS) is 25.2. The van der Waals surface area contributed by atoms with E-state index in [0.29, 0.717) is 13.0 Å². The highest BCUT2D eigenvalue weighted by Crippen LogP contribution is 2.25. The molecule has 1 aliphatic rings. The largest absolute Gasteiger partial charge is 0.461 e. The Hall–Kier alpha value is -1.64. The van der Waals surface area contributed by atoms with Crippen molar-refractivity contribution in [1.29, 1.82) is 0 Å². The van der Waals surface area contributed by atoms with E-state index in [1.54, 1.807) is 6.08 Å². The van der Waals surface area contributed by atoms with Crippen LogP contribution >= 0.6 is 0 Å². The van der Waals surface area contributed by atoms with Gasteiger partial charge in [0.05, 0.1) is 0 Å². The van der Waals surface area contributed by atoms with Crippen LogP contribution in [-0.4, -0.2) is 18.4 Å². The van der Waals surface area contributed by atoms with E-state index >= 15 is 0 Å². The Labute approximate surface area is 134 Å². The first-order chi connectivity index (χ1) is 10.3. The lowest BCUT2D eigenvalue weighted by Crippen LogP contribution is -2.09. The molecule has 0 heterocycles. The molecule has 0 saturated carbocycles. The van der Waals surface area contributed by atoms with Gasteiger partial charge in [0.15, 0.2) is 5.78 Å². The van der Waals surface area contributed by atoms with Gasteiger partial charge in [0.2, 0.25) is 0 Å². The Morgan fingerprint density at radius 3 is 2.73 bits per heavy atom. The molecule has 122 valence electrons. The van der Waals surface area contributed by atoms with Crippen molar-refractivity contribution < 1.29 is 14.3 Å². The predicted molar refractivity (Wildman–Crippen MR) is 89.5 cm³/mol. The average Bonchev–Trinajstić information content (AvgIpc) is 2.48. The third-order valence-electron chi connectivity index (χ3n) is 3.78. The molecule has 0 spiro atoms. The molecule has 0 aromatic carbocycles. The van der Waals surface area contributed by atoms with Crippen molar-refractivity contribution in [2.45, 2.75) is 59.8 Å². The number of carbonyl (C=O) groups is 2. The van der Waals surface area contributed by atoms with Gasteiger partial charge in [-0.25, -0.2) is 0 Å². The highest BCUT2D eigenvalue weighted by molar-refractivity contribution is 6.03. The van der Waals surface area contributed by atoms with Gasteiger partial charge in [-0.1, -0.05) is 39.0 Å². The zero-order chi connectivity index (χ0) is 16.6. The van der Waals surface area contributed by atoms with Crippen molar-refractivity contribution in [2.24, 2.45) is 5.41 Å². The highest BCUT2D eigenvalue weighted by atomic mass is 16.5. The lowest BCUT2D eigenvalue weighted by molar-refractivity contribution is -0.142. The first kappa shape index (κ1) is 18.4. The third kappa shape index (κ3) is 6.88. The molecule has 0 radical (unpaired) electrons. The lowest BCUT2D eigenvalue weighted by atomic mass is 9.87. The highest BCUT2D eigenvalue weighted by Gasteiger charge is 2.15. The molecule has 0 aromatic heterocycles. The summed E-state index contributed by atoms with van der Waals surface area (Å²) < 4.78 is 5.32. The average molecular weight is 304 g/mol. The molecule has 0 aliphatic heterocycles. The van der Waals surface area contributed by atoms with Gasteiger partial charge >= 0.3 is 5.97 Å². The molecule has 0 atom stereocenters. The fourth-order valence-electron chi connectivity index (χ4n) is 2.17. The zero-order valence-corrected chi connectivity index (χ0v) is 14.3. The van der Waals surface area contributed by atoms with Crippen LogP contribution in [0, 0.1) is 5.41 Å². The number of allylic oxidation sites excluding steroid dienone is 5. The third-order valence-corrected chi connectivity index (χ3v) is 3.78. The summed E-state index contributed by atoms with van der Waals surface area (Å²) >= 11 is 0. The second-order valence-corrected chi connectivity index (χ2v) is 6.59. The van der Waals surface area contributed by atoms with Gasteiger partial charge in [-0.05, 0) is 55.2 Å². The van der Waals surface area contributed by atoms with E-state index in [-0.39, 0.29) is 17.2 Å². The second kappa shape index (κ2) is 8.72. The zero-order valence-electron chi connectivity index (χ0n) is 14.3. The van der Waals surface area contributed by atoms with E-state index in [1.165, 1.54) is 0 Å². The van der Waals surface area contributed by atoms with Crippen molar-refractivity contribution in [1.82, 2.24) is 0 Å². The molecule has 0 aromatic rings. The van der Waals surface area contributed by atoms with Crippen molar-refractivity contribution in [3.8, 4) is 0 Å². The molecule has 1 rings (SSSR count). The van der Waals surface area contributed by atoms with Crippen LogP contribution < -0.4 is 0 Å². The van der Waals surface area contributed by atoms with Crippen LogP contribution in [0.4, 0.5) is 0 Å². The van der Waals surface area contributed by atoms with Gasteiger partial charge in [-0.3, -0.25) is 9.59 Å². The Morgan fingerprint density at radius 2 is 2.05 bits per heavy atom. The summed E-state index contributed by atoms with van der Waals surface area (Å²) in [7, 11) is 0. The summed E-state index contributed by atoms with van der Waals surface area (Å²) in [5.74, 6) is -0.0651. The van der Waals surface area contributed by atoms with Gasteiger partial charge in [0.1, 0.15) is 6.61 Å². The van der Waals surface area contributed by atoms with Crippen LogP contribution in [0.2, 0.25) is 0 Å². The van der Waals surface area contributed by atoms with Gasteiger partial charge in [-0.2, -0.15) is 0 Å². The summed E-state index contributed by atoms with van der Waals surface area (Å²) in [4.78, 5) is 23.5. The molecule has 0 bridgehead atoms. The molecule has 0 fully saturated rings. The summed E-state index contributed by atoms with van der Waals surface area (Å²) in [5.41, 5.74) is 1.82. The maximum Gasteiger partial charge on any atom is 0.306 e. The SMILES string of the molecule is CCCC(=O)OC/C1=C\CC(C)(C)/C=C/C(=O)/C(C)=C/CC1. The Kier molecular flexibility index (Phi) is 7.30. The first-order valence-corrected chi connectivity index (χ1v) is 8.08. The summed E-state index contributed by atoms with van der Waals surface area (Å²) in [6.45, 7) is 8.38. The monoisotopic (exact) mass is 304 g/mol. The van der Waals surface area contributed by atoms with Gasteiger partial charge in [0.25, 0.3) is 0 Å². The van der Waals surface area contributed by atoms with Crippen molar-refractivity contribution in [2.75, 3.05) is 6.61 Å². The first-order valence-electron chi connectivity index (χ1n) is 8.08. The van der Waals surface area contributed by atoms with Crippen LogP contribution in [0.5, 0.6) is 0 Å². The number of rotatable bonds is 4. The van der Waals surface area contributed by atoms with E-state index in [2.05, 4.69) is 19.9 Å². The van der Waals surface area contributed by atoms with Crippen molar-refractivity contribution in [3.63, 3.8) is 0 Å². The summed E-state index contributed by atoms with van der Waals surface area (Å²) in [5, 5.41) is 0. The van der Waals surface area contributed by atoms with Gasteiger partial charge in [-0.15, -0.1) is 0 Å². The van der Waals surface area contributed by atoms with Crippen LogP contribution in [0.25, 0.3) is 0 Å². The van der Waals surface area contributed by atoms with E-state index in [1.807, 2.05) is 26.0 Å². The van der Waals surface area contributed by atoms with Crippen LogP contribution in [0.3, 0.4) is 0 Å². The van der Waals surface area contributed by atoms with Crippen molar-refractivity contribution >= 4 is 11.8 Å². The standard InChI is InChI=1S/C19H28O3/c1-5-7-18(21)22-14-16-9-6-8-15(2)17(20)11-13-19(3,4)12-10-16/h8,10-11,13H,5-7,9,12,14H2,1-4H3/b13-11+,15-8+,16-10-. The lowest BCUT2D eigenvalue weighted by Gasteiger charge is -2.18. The minimum Gasteiger partial charge on any atom is -0.461 e. The number of ether oxygens (including phenoxy) is 1. The van der Waals surface area contributed by atoms with Gasteiger partial charge < -0.3 is 4.74 Å². The molecule has 0 N–H and O–H groups in total. The Morgan fingerprint density at radius 1 is 1.32 bits per heavy atom. The molecule has 22 heavy (non-hydrogen) atoms. The smallest absolute Gasteiger partial charge is 0.306 e. The summed E-state index contributed by atoms with van der Waals surface area (Å²) in [6.07, 6.45) is 11.5. The van der Waals surface area contributed by atoms with Crippen LogP contribution in [-0.2, 0) is 14.3 Å². The molecule has 3 heteroatoms. The molecule has 3 nitrogen and oxygen atoms in total. The number of carbonyl (C=O) groups excluding carboxylic acids is 2. The topological polar surface area (TPSA) is 43.4 Å². The molecule has 1 aliphatic carbocycles. The Balaban J connectivity index is 2.81. The van der Waals surface area contributed by atoms with Crippen LogP contribution in [0.1, 0.15) is 59.8 Å². The fourth-order valence-corrected chi connectivity index (χ4v) is 2.17. The van der Waals surface area contributed by atoms with E-state index in [9.17, 15) is 9.59 Å². The minimum atomic E-state index is -0.140. The van der Waals surface area contributed by atoms with E-state index < -0.39 is 0 Å². The summed E-state index contributed by atoms with van der Waals surface area (Å²) in [6, 6.07) is 0.